The summed E-state index contributed by atoms with van der Waals surface area (Å²) in [5.74, 6) is -1.20. The molecular weight excluding hydrogens is 188 g/mol. The second kappa shape index (κ2) is 4.17. The van der Waals surface area contributed by atoms with Crippen LogP contribution in [0.15, 0.2) is 10.2 Å². The number of rotatable bonds is 6. The second-order valence-corrected chi connectivity index (χ2v) is 3.15. The minimum atomic E-state index is -0.875. The van der Waals surface area contributed by atoms with Gasteiger partial charge in [0.2, 0.25) is 0 Å². The van der Waals surface area contributed by atoms with Crippen molar-refractivity contribution in [3.05, 3.63) is 0 Å². The van der Waals surface area contributed by atoms with Crippen LogP contribution in [0.5, 0.6) is 0 Å². The lowest BCUT2D eigenvalue weighted by molar-refractivity contribution is -0.140. The van der Waals surface area contributed by atoms with E-state index in [9.17, 15) is 9.59 Å². The van der Waals surface area contributed by atoms with Crippen LogP contribution in [-0.4, -0.2) is 29.8 Å². The first-order valence-corrected chi connectivity index (χ1v) is 4.31. The molecule has 1 heterocycles. The number of aliphatic carboxylic acids is 1. The molecule has 0 aromatic heterocycles. The van der Waals surface area contributed by atoms with E-state index in [4.69, 9.17) is 5.11 Å². The van der Waals surface area contributed by atoms with Gasteiger partial charge in [0.1, 0.15) is 0 Å². The molecule has 0 aromatic rings. The van der Waals surface area contributed by atoms with Crippen molar-refractivity contribution < 1.29 is 19.4 Å². The molecule has 1 N–H and O–H groups in total. The van der Waals surface area contributed by atoms with E-state index in [1.807, 2.05) is 0 Å². The third-order valence-corrected chi connectivity index (χ3v) is 2.08. The van der Waals surface area contributed by atoms with Crippen LogP contribution >= 0.6 is 0 Å². The largest absolute Gasteiger partial charge is 0.481 e. The van der Waals surface area contributed by atoms with Crippen LogP contribution in [0.25, 0.3) is 0 Å². The van der Waals surface area contributed by atoms with Crippen LogP contribution in [0.3, 0.4) is 0 Å². The molecule has 0 fully saturated rings. The second-order valence-electron chi connectivity index (χ2n) is 3.15. The molecule has 0 saturated carbocycles. The number of nitrogens with zero attached hydrogens (tertiary/aromatic N) is 2. The number of carboxylic acid groups (broad SMARTS) is 1. The van der Waals surface area contributed by atoms with Crippen LogP contribution in [0, 0.1) is 0 Å². The number of methoxy groups -OCH3 is 1. The number of carbonyl (C=O) groups is 2. The topological polar surface area (TPSA) is 88.3 Å². The van der Waals surface area contributed by atoms with Crippen LogP contribution in [0.2, 0.25) is 0 Å². The van der Waals surface area contributed by atoms with Gasteiger partial charge >= 0.3 is 11.9 Å². The highest BCUT2D eigenvalue weighted by Gasteiger charge is 2.40. The summed E-state index contributed by atoms with van der Waals surface area (Å²) in [7, 11) is 1.31. The Morgan fingerprint density at radius 2 is 1.86 bits per heavy atom. The fourth-order valence-electron chi connectivity index (χ4n) is 1.11. The van der Waals surface area contributed by atoms with Gasteiger partial charge in [-0.05, 0) is 0 Å². The van der Waals surface area contributed by atoms with E-state index in [1.165, 1.54) is 7.11 Å². The summed E-state index contributed by atoms with van der Waals surface area (Å²) in [6.45, 7) is 0. The van der Waals surface area contributed by atoms with Gasteiger partial charge in [0, 0.05) is 25.7 Å². The van der Waals surface area contributed by atoms with Crippen LogP contribution < -0.4 is 0 Å². The molecule has 1 rings (SSSR count). The van der Waals surface area contributed by atoms with E-state index >= 15 is 0 Å². The molecule has 0 aliphatic carbocycles. The first kappa shape index (κ1) is 10.6. The Morgan fingerprint density at radius 1 is 1.29 bits per heavy atom. The van der Waals surface area contributed by atoms with E-state index < -0.39 is 11.6 Å². The number of carboxylic acids is 1. The molecule has 78 valence electrons. The molecule has 0 saturated heterocycles. The molecule has 0 spiro atoms. The molecule has 0 radical (unpaired) electrons. The van der Waals surface area contributed by atoms with Crippen molar-refractivity contribution in [2.24, 2.45) is 10.2 Å². The Labute approximate surface area is 81.0 Å². The van der Waals surface area contributed by atoms with Crippen molar-refractivity contribution in [2.75, 3.05) is 7.11 Å². The highest BCUT2D eigenvalue weighted by Crippen LogP contribution is 2.37. The molecule has 0 aromatic carbocycles. The fraction of sp³-hybridized carbons (Fsp3) is 0.750. The first-order chi connectivity index (χ1) is 6.58. The maximum absolute atomic E-state index is 10.8. The van der Waals surface area contributed by atoms with Gasteiger partial charge in [-0.1, -0.05) is 0 Å². The van der Waals surface area contributed by atoms with Crippen molar-refractivity contribution in [2.45, 2.75) is 31.3 Å². The molecule has 1 aliphatic heterocycles. The lowest BCUT2D eigenvalue weighted by atomic mass is 10.0. The predicted octanol–water partition coefficient (Wildman–Crippen LogP) is 0.966. The van der Waals surface area contributed by atoms with Crippen LogP contribution in [0.4, 0.5) is 0 Å². The van der Waals surface area contributed by atoms with Gasteiger partial charge in [-0.15, -0.1) is 0 Å². The fourth-order valence-corrected chi connectivity index (χ4v) is 1.11. The zero-order valence-corrected chi connectivity index (χ0v) is 7.89. The highest BCUT2D eigenvalue weighted by molar-refractivity contribution is 5.69. The smallest absolute Gasteiger partial charge is 0.305 e. The lowest BCUT2D eigenvalue weighted by Gasteiger charge is -2.07. The summed E-state index contributed by atoms with van der Waals surface area (Å²) in [4.78, 5) is 21.1. The van der Waals surface area contributed by atoms with Crippen molar-refractivity contribution >= 4 is 11.9 Å². The molecule has 1 aliphatic rings. The molecule has 6 heteroatoms. The molecule has 0 amide bonds. The van der Waals surface area contributed by atoms with Gasteiger partial charge in [-0.3, -0.25) is 9.59 Å². The molecule has 0 unspecified atom stereocenters. The summed E-state index contributed by atoms with van der Waals surface area (Å²) in [6.07, 6.45) is 1.05. The van der Waals surface area contributed by atoms with E-state index in [-0.39, 0.29) is 18.8 Å². The SMILES string of the molecule is COC(=O)CCC1(CCC(=O)O)N=N1. The summed E-state index contributed by atoms with van der Waals surface area (Å²) < 4.78 is 4.46. The molecule has 0 atom stereocenters. The standard InChI is InChI=1S/C8H12N2O4/c1-14-7(13)3-5-8(9-10-8)4-2-6(11)12/h2-5H2,1H3,(H,11,12). The molecule has 14 heavy (non-hydrogen) atoms. The summed E-state index contributed by atoms with van der Waals surface area (Å²) in [5, 5.41) is 16.0. The highest BCUT2D eigenvalue weighted by atomic mass is 16.5. The van der Waals surface area contributed by atoms with E-state index in [1.54, 1.807) is 0 Å². The summed E-state index contributed by atoms with van der Waals surface area (Å²) in [6, 6.07) is 0. The van der Waals surface area contributed by atoms with Gasteiger partial charge in [0.25, 0.3) is 0 Å². The maximum atomic E-state index is 10.8. The Morgan fingerprint density at radius 3 is 2.29 bits per heavy atom. The number of hydrogen-bond donors (Lipinski definition) is 1. The van der Waals surface area contributed by atoms with Crippen LogP contribution in [0.1, 0.15) is 25.7 Å². The predicted molar refractivity (Wildman–Crippen MR) is 45.7 cm³/mol. The number of hydrogen-bond acceptors (Lipinski definition) is 5. The Kier molecular flexibility index (Phi) is 3.16. The zero-order chi connectivity index (χ0) is 10.6. The minimum Gasteiger partial charge on any atom is -0.481 e. The van der Waals surface area contributed by atoms with E-state index in [0.717, 1.165) is 0 Å². The molecule has 6 nitrogen and oxygen atoms in total. The van der Waals surface area contributed by atoms with E-state index in [2.05, 4.69) is 15.0 Å². The Balaban J connectivity index is 2.22. The zero-order valence-electron chi connectivity index (χ0n) is 7.89. The van der Waals surface area contributed by atoms with Gasteiger partial charge in [-0.2, -0.15) is 10.2 Å². The molecular formula is C8H12N2O4. The molecule has 0 bridgehead atoms. The Hall–Kier alpha value is -1.46. The van der Waals surface area contributed by atoms with Crippen molar-refractivity contribution in [1.29, 1.82) is 0 Å². The van der Waals surface area contributed by atoms with Crippen LogP contribution in [-0.2, 0) is 14.3 Å². The average Bonchev–Trinajstić information content (AvgIpc) is 2.92. The van der Waals surface area contributed by atoms with Crippen molar-refractivity contribution in [3.8, 4) is 0 Å². The lowest BCUT2D eigenvalue weighted by Crippen LogP contribution is -2.15. The monoisotopic (exact) mass is 200 g/mol. The third-order valence-electron chi connectivity index (χ3n) is 2.08. The third kappa shape index (κ3) is 3.12. The Bertz CT molecular complexity index is 269. The minimum absolute atomic E-state index is 0.0220. The van der Waals surface area contributed by atoms with E-state index in [0.29, 0.717) is 12.8 Å². The van der Waals surface area contributed by atoms with Gasteiger partial charge < -0.3 is 9.84 Å². The normalized spacial score (nSPS) is 16.4. The average molecular weight is 200 g/mol. The first-order valence-electron chi connectivity index (χ1n) is 4.31. The number of carbonyl (C=O) groups excluding carboxylic acids is 1. The van der Waals surface area contributed by atoms with Gasteiger partial charge in [0.05, 0.1) is 7.11 Å². The summed E-state index contributed by atoms with van der Waals surface area (Å²) in [5.41, 5.74) is -0.618. The van der Waals surface area contributed by atoms with Gasteiger partial charge in [-0.25, -0.2) is 0 Å². The number of esters is 1. The summed E-state index contributed by atoms with van der Waals surface area (Å²) >= 11 is 0. The quantitative estimate of drug-likeness (QED) is 0.647. The van der Waals surface area contributed by atoms with Crippen molar-refractivity contribution in [3.63, 3.8) is 0 Å². The van der Waals surface area contributed by atoms with Crippen molar-refractivity contribution in [1.82, 2.24) is 0 Å². The maximum Gasteiger partial charge on any atom is 0.305 e. The van der Waals surface area contributed by atoms with Gasteiger partial charge in [0.15, 0.2) is 5.66 Å². The number of ether oxygens (including phenoxy) is 1.